The molecule has 4 N–H and O–H groups in total. The highest BCUT2D eigenvalue weighted by Crippen LogP contribution is 2.21. The van der Waals surface area contributed by atoms with Crippen LogP contribution in [0.1, 0.15) is 0 Å². The van der Waals surface area contributed by atoms with Gasteiger partial charge in [0.05, 0.1) is 184 Å². The second-order valence-electron chi connectivity index (χ2n) is 11.9. The minimum absolute atomic E-state index is 0.00593. The number of rotatable bonds is 48. The molecule has 0 fully saturated rings. The number of alkyl carbamates (subject to hydrolysis) is 1. The normalized spacial score (nSPS) is 11.7. The number of amides is 1. The molecule has 0 heterocycles. The summed E-state index contributed by atoms with van der Waals surface area (Å²) in [7, 11) is 3.24. The Kier molecular flexibility index (Phi) is 43.7. The number of carboxylic acids is 1. The summed E-state index contributed by atoms with van der Waals surface area (Å²) >= 11 is 0. The van der Waals surface area contributed by atoms with Crippen molar-refractivity contribution in [2.45, 2.75) is 0 Å². The van der Waals surface area contributed by atoms with E-state index in [9.17, 15) is 14.7 Å². The zero-order valence-corrected chi connectivity index (χ0v) is 34.3. The lowest BCUT2D eigenvalue weighted by molar-refractivity contribution is -0.149. The van der Waals surface area contributed by atoms with E-state index in [0.717, 1.165) is 0 Å². The van der Waals surface area contributed by atoms with Gasteiger partial charge in [-0.25, -0.2) is 9.59 Å². The molecule has 0 aliphatic carbocycles. The van der Waals surface area contributed by atoms with E-state index in [0.29, 0.717) is 139 Å². The van der Waals surface area contributed by atoms with Crippen molar-refractivity contribution in [2.75, 3.05) is 219 Å². The molecule has 0 aliphatic rings. The van der Waals surface area contributed by atoms with Gasteiger partial charge >= 0.3 is 12.1 Å². The van der Waals surface area contributed by atoms with Gasteiger partial charge in [-0.2, -0.15) is 0 Å². The van der Waals surface area contributed by atoms with Gasteiger partial charge in [0.25, 0.3) is 0 Å². The maximum Gasteiger partial charge on any atom is 0.407 e. The van der Waals surface area contributed by atoms with Crippen molar-refractivity contribution in [3.63, 3.8) is 0 Å². The fraction of sp³-hybridized carbons (Fsp3) is 0.944. The fourth-order valence-corrected chi connectivity index (χ4v) is 4.15. The molecule has 0 aliphatic heterocycles. The van der Waals surface area contributed by atoms with E-state index < -0.39 is 24.1 Å². The van der Waals surface area contributed by atoms with Crippen LogP contribution in [0.25, 0.3) is 0 Å². The number of carbonyl (C=O) groups is 2. The fourth-order valence-electron chi connectivity index (χ4n) is 4.15. The Morgan fingerprint density at radius 3 is 1.02 bits per heavy atom. The summed E-state index contributed by atoms with van der Waals surface area (Å²) in [5.74, 6) is -1.10. The largest absolute Gasteiger partial charge is 0.480 e. The van der Waals surface area contributed by atoms with Crippen LogP contribution in [0.3, 0.4) is 0 Å². The Bertz CT molecular complexity index is 822. The number of hydrogen-bond acceptors (Lipinski definition) is 19. The standard InChI is InChI=1S/C36H72N2O19/c1-42-5-7-44-9-11-46-13-16-49-21-24-53-30-36(33-56-29-34(39)40,31-54-25-22-50-17-14-47-12-10-45-8-6-43-2)32-55-26-23-51-18-15-48-19-20-52-27-28-57-35(41)38-4-3-37/h3-33,37H2,1-2H3,(H,38,41)(H,39,40). The Balaban J connectivity index is 4.60. The summed E-state index contributed by atoms with van der Waals surface area (Å²) in [6.07, 6.45) is -0.535. The number of aliphatic carboxylic acids is 1. The van der Waals surface area contributed by atoms with E-state index >= 15 is 0 Å². The number of carbonyl (C=O) groups excluding carboxylic acids is 1. The van der Waals surface area contributed by atoms with Crippen molar-refractivity contribution in [3.8, 4) is 0 Å². The van der Waals surface area contributed by atoms with E-state index in [1.54, 1.807) is 14.2 Å². The van der Waals surface area contributed by atoms with Crippen LogP contribution in [0.2, 0.25) is 0 Å². The molecule has 0 unspecified atom stereocenters. The smallest absolute Gasteiger partial charge is 0.407 e. The first-order valence-electron chi connectivity index (χ1n) is 19.3. The third-order valence-corrected chi connectivity index (χ3v) is 6.94. The molecule has 0 spiro atoms. The van der Waals surface area contributed by atoms with Crippen molar-refractivity contribution >= 4 is 12.1 Å². The summed E-state index contributed by atoms with van der Waals surface area (Å²) in [6.45, 7) is 9.72. The molecule has 21 heteroatoms. The molecule has 0 atom stereocenters. The Labute approximate surface area is 337 Å². The molecule has 0 radical (unpaired) electrons. The molecule has 21 nitrogen and oxygen atoms in total. The summed E-state index contributed by atoms with van der Waals surface area (Å²) < 4.78 is 87.5. The molecule has 1 amide bonds. The molecule has 0 aromatic rings. The number of carboxylic acid groups (broad SMARTS) is 1. The van der Waals surface area contributed by atoms with Crippen molar-refractivity contribution in [1.82, 2.24) is 5.32 Å². The quantitative estimate of drug-likeness (QED) is 0.0639. The predicted molar refractivity (Wildman–Crippen MR) is 203 cm³/mol. The highest BCUT2D eigenvalue weighted by molar-refractivity contribution is 5.68. The van der Waals surface area contributed by atoms with Crippen LogP contribution in [0.15, 0.2) is 0 Å². The highest BCUT2D eigenvalue weighted by atomic mass is 16.6. The molecule has 0 aromatic heterocycles. The first-order valence-corrected chi connectivity index (χ1v) is 19.3. The second kappa shape index (κ2) is 45.2. The molecule has 0 aromatic carbocycles. The van der Waals surface area contributed by atoms with Gasteiger partial charge in [-0.05, 0) is 0 Å². The number of methoxy groups -OCH3 is 2. The minimum Gasteiger partial charge on any atom is -0.480 e. The average Bonchev–Trinajstić information content (AvgIpc) is 3.20. The number of hydrogen-bond donors (Lipinski definition) is 3. The van der Waals surface area contributed by atoms with Gasteiger partial charge in [-0.1, -0.05) is 0 Å². The van der Waals surface area contributed by atoms with Gasteiger partial charge in [-0.3, -0.25) is 0 Å². The van der Waals surface area contributed by atoms with Crippen molar-refractivity contribution in [2.24, 2.45) is 11.1 Å². The maximum absolute atomic E-state index is 11.3. The van der Waals surface area contributed by atoms with Gasteiger partial charge in [-0.15, -0.1) is 0 Å². The zero-order valence-electron chi connectivity index (χ0n) is 34.3. The zero-order chi connectivity index (χ0) is 41.6. The molecule has 0 saturated heterocycles. The number of nitrogens with two attached hydrogens (primary N) is 1. The van der Waals surface area contributed by atoms with E-state index in [4.69, 9.17) is 81.5 Å². The van der Waals surface area contributed by atoms with Gasteiger partial charge in [0, 0.05) is 27.3 Å². The van der Waals surface area contributed by atoms with Crippen molar-refractivity contribution < 1.29 is 90.5 Å². The monoisotopic (exact) mass is 836 g/mol. The minimum atomic E-state index is -1.10. The summed E-state index contributed by atoms with van der Waals surface area (Å²) in [5.41, 5.74) is 4.47. The maximum atomic E-state index is 11.3. The molecule has 0 saturated carbocycles. The summed E-state index contributed by atoms with van der Waals surface area (Å²) in [4.78, 5) is 22.6. The Hall–Kier alpha value is -1.90. The van der Waals surface area contributed by atoms with E-state index in [1.807, 2.05) is 0 Å². The van der Waals surface area contributed by atoms with Crippen LogP contribution in [0.4, 0.5) is 4.79 Å². The van der Waals surface area contributed by atoms with E-state index in [2.05, 4.69) is 5.32 Å². The summed E-state index contributed by atoms with van der Waals surface area (Å²) in [5, 5.41) is 11.7. The Morgan fingerprint density at radius 2 is 0.719 bits per heavy atom. The van der Waals surface area contributed by atoms with Crippen LogP contribution in [0.5, 0.6) is 0 Å². The van der Waals surface area contributed by atoms with Gasteiger partial charge < -0.3 is 91.9 Å². The third-order valence-electron chi connectivity index (χ3n) is 6.94. The van der Waals surface area contributed by atoms with Crippen LogP contribution in [-0.4, -0.2) is 236 Å². The lowest BCUT2D eigenvalue weighted by atomic mass is 9.92. The van der Waals surface area contributed by atoms with Crippen molar-refractivity contribution in [1.29, 1.82) is 0 Å². The van der Waals surface area contributed by atoms with E-state index in [1.165, 1.54) is 0 Å². The van der Waals surface area contributed by atoms with Crippen LogP contribution in [-0.2, 0) is 80.6 Å². The molecular weight excluding hydrogens is 764 g/mol. The Morgan fingerprint density at radius 1 is 0.439 bits per heavy atom. The SMILES string of the molecule is COCCOCCOCCOCCOCC(COCCOCCOCCOCCOC)(COCCOCCOCCOCCOC(=O)NCCN)COCC(=O)O. The van der Waals surface area contributed by atoms with Crippen LogP contribution >= 0.6 is 0 Å². The van der Waals surface area contributed by atoms with Crippen LogP contribution in [0, 0.1) is 5.41 Å². The average molecular weight is 837 g/mol. The number of ether oxygens (including phenoxy) is 16. The molecule has 0 bridgehead atoms. The predicted octanol–water partition coefficient (Wildman–Crippen LogP) is -0.749. The van der Waals surface area contributed by atoms with Crippen molar-refractivity contribution in [3.05, 3.63) is 0 Å². The van der Waals surface area contributed by atoms with Gasteiger partial charge in [0.15, 0.2) is 0 Å². The second-order valence-corrected chi connectivity index (χ2v) is 11.9. The molecule has 57 heavy (non-hydrogen) atoms. The lowest BCUT2D eigenvalue weighted by Crippen LogP contribution is -2.43. The van der Waals surface area contributed by atoms with E-state index in [-0.39, 0.29) is 59.5 Å². The number of nitrogens with one attached hydrogen (secondary N) is 1. The lowest BCUT2D eigenvalue weighted by Gasteiger charge is -2.33. The molecule has 340 valence electrons. The molecular formula is C36H72N2O19. The topological polar surface area (TPSA) is 240 Å². The van der Waals surface area contributed by atoms with Gasteiger partial charge in [0.1, 0.15) is 13.2 Å². The molecule has 0 rings (SSSR count). The van der Waals surface area contributed by atoms with Gasteiger partial charge in [0.2, 0.25) is 0 Å². The third kappa shape index (κ3) is 42.0. The highest BCUT2D eigenvalue weighted by Gasteiger charge is 2.33. The first-order chi connectivity index (χ1) is 28.0. The van der Waals surface area contributed by atoms with Crippen LogP contribution < -0.4 is 11.1 Å². The summed E-state index contributed by atoms with van der Waals surface area (Å²) in [6, 6.07) is 0. The first kappa shape index (κ1) is 55.1.